The number of carbonyl (C=O) groups is 4. The number of hydrogen-bond donors (Lipinski definition) is 5. The van der Waals surface area contributed by atoms with Crippen LogP contribution < -0.4 is 25.7 Å². The summed E-state index contributed by atoms with van der Waals surface area (Å²) in [6.07, 6.45) is 0. The lowest BCUT2D eigenvalue weighted by Gasteiger charge is -2.12. The van der Waals surface area contributed by atoms with Gasteiger partial charge in [-0.3, -0.25) is 14.4 Å². The molecule has 20 heteroatoms. The predicted molar refractivity (Wildman–Crippen MR) is 186 cm³/mol. The van der Waals surface area contributed by atoms with Gasteiger partial charge in [-0.1, -0.05) is 85.7 Å². The first-order valence-corrected chi connectivity index (χ1v) is 15.8. The fraction of sp³-hybridized carbons (Fsp3) is 0.200. The Labute approximate surface area is 307 Å². The van der Waals surface area contributed by atoms with Crippen LogP contribution in [0.4, 0.5) is 11.4 Å². The molecule has 4 aromatic rings. The van der Waals surface area contributed by atoms with Crippen molar-refractivity contribution in [3.05, 3.63) is 83.1 Å². The molecule has 264 valence electrons. The number of amides is 2. The molecule has 0 atom stereocenters. The lowest BCUT2D eigenvalue weighted by molar-refractivity contribution is -0.147. The molecule has 0 unspecified atom stereocenters. The Bertz CT molecular complexity index is 1980. The molecule has 5 N–H and O–H groups in total. The van der Waals surface area contributed by atoms with E-state index in [2.05, 4.69) is 31.0 Å². The van der Waals surface area contributed by atoms with Crippen molar-refractivity contribution >= 4 is 93.1 Å². The van der Waals surface area contributed by atoms with Crippen LogP contribution in [0.1, 0.15) is 50.7 Å². The molecule has 0 aliphatic carbocycles. The summed E-state index contributed by atoms with van der Waals surface area (Å²) < 4.78 is 11.1. The number of H-pyrrole nitrogens is 1. The van der Waals surface area contributed by atoms with E-state index in [1.807, 2.05) is 27.7 Å². The lowest BCUT2D eigenvalue weighted by Crippen LogP contribution is -2.21. The summed E-state index contributed by atoms with van der Waals surface area (Å²) in [6.45, 7) is 7.56. The summed E-state index contributed by atoms with van der Waals surface area (Å²) in [6, 6.07) is 8.24. The molecular formula is C30H25Cl5N6O9. The highest BCUT2D eigenvalue weighted by Gasteiger charge is 2.19. The Morgan fingerprint density at radius 1 is 0.660 bits per heavy atom. The number of carboxylic acid groups (broad SMARTS) is 2. The third-order valence-electron chi connectivity index (χ3n) is 6.12. The van der Waals surface area contributed by atoms with Crippen LogP contribution in [-0.2, 0) is 19.2 Å². The summed E-state index contributed by atoms with van der Waals surface area (Å²) in [4.78, 5) is 55.2. The maximum atomic E-state index is 11.7. The topological polar surface area (TPSA) is 223 Å². The van der Waals surface area contributed by atoms with E-state index in [9.17, 15) is 24.0 Å². The molecule has 0 aliphatic rings. The number of aliphatic carboxylic acids is 2. The fourth-order valence-electron chi connectivity index (χ4n) is 3.75. The van der Waals surface area contributed by atoms with Gasteiger partial charge in [0.25, 0.3) is 5.56 Å². The average molecular weight is 791 g/mol. The van der Waals surface area contributed by atoms with E-state index < -0.39 is 23.8 Å². The van der Waals surface area contributed by atoms with Gasteiger partial charge in [0.15, 0.2) is 16.7 Å². The van der Waals surface area contributed by atoms with Gasteiger partial charge in [-0.25, -0.2) is 14.7 Å². The van der Waals surface area contributed by atoms with Crippen LogP contribution in [0.5, 0.6) is 23.3 Å². The summed E-state index contributed by atoms with van der Waals surface area (Å²) in [7, 11) is 0. The number of rotatable bonds is 8. The highest BCUT2D eigenvalue weighted by atomic mass is 35.5. The summed E-state index contributed by atoms with van der Waals surface area (Å²) in [5, 5.41) is 35.6. The van der Waals surface area contributed by atoms with Gasteiger partial charge in [0.2, 0.25) is 11.8 Å². The molecule has 0 radical (unpaired) electrons. The zero-order chi connectivity index (χ0) is 37.4. The molecule has 0 fully saturated rings. The molecule has 2 heterocycles. The molecule has 0 saturated carbocycles. The minimum absolute atomic E-state index is 0.0206. The molecule has 0 saturated heterocycles. The highest BCUT2D eigenvalue weighted by Crippen LogP contribution is 2.40. The molecule has 0 spiro atoms. The number of ether oxygens (including phenoxy) is 2. The van der Waals surface area contributed by atoms with Crippen molar-refractivity contribution in [2.45, 2.75) is 39.5 Å². The van der Waals surface area contributed by atoms with E-state index >= 15 is 0 Å². The first-order valence-electron chi connectivity index (χ1n) is 13.9. The second-order valence-electron chi connectivity index (χ2n) is 10.5. The van der Waals surface area contributed by atoms with Crippen molar-refractivity contribution in [2.75, 3.05) is 10.6 Å². The standard InChI is InChI=1S/C15H12Cl3N3O4.C15H13Cl2N3O5/c1-6(2)8-5-11(20-21-13(8)18)25-12-9(16)3-7(4-10(12)17)19-14(22)15(23)24;1-6(2)8-5-11(19-20-13(8)21)25-12-9(16)3-7(4-10(12)17)18-14(22)15(23)24/h3-6H,1-2H3,(H,19,22)(H,23,24);3-6H,1-2H3,(H,18,22)(H,20,21)(H,23,24). The quantitative estimate of drug-likeness (QED) is 0.110. The number of carboxylic acids is 2. The minimum atomic E-state index is -1.65. The monoisotopic (exact) mass is 788 g/mol. The smallest absolute Gasteiger partial charge is 0.394 e. The second kappa shape index (κ2) is 17.3. The number of hydrogen-bond acceptors (Lipinski definition) is 10. The number of nitrogens with one attached hydrogen (secondary N) is 3. The van der Waals surface area contributed by atoms with Crippen LogP contribution in [0.3, 0.4) is 0 Å². The lowest BCUT2D eigenvalue weighted by atomic mass is 10.1. The van der Waals surface area contributed by atoms with Gasteiger partial charge in [0.1, 0.15) is 0 Å². The zero-order valence-corrected chi connectivity index (χ0v) is 29.9. The Morgan fingerprint density at radius 3 is 1.46 bits per heavy atom. The molecule has 15 nitrogen and oxygen atoms in total. The summed E-state index contributed by atoms with van der Waals surface area (Å²) in [5.74, 6) is -5.33. The Morgan fingerprint density at radius 2 is 1.06 bits per heavy atom. The SMILES string of the molecule is CC(C)c1cc(Oc2c(Cl)cc(NC(=O)C(=O)O)cc2Cl)n[nH]c1=O.CC(C)c1cc(Oc2c(Cl)cc(NC(=O)C(=O)O)cc2Cl)nnc1Cl. The molecule has 2 aromatic heterocycles. The first kappa shape index (κ1) is 39.8. The molecule has 2 amide bonds. The van der Waals surface area contributed by atoms with Crippen molar-refractivity contribution in [3.63, 3.8) is 0 Å². The number of aromatic amines is 1. The van der Waals surface area contributed by atoms with E-state index in [1.165, 1.54) is 30.3 Å². The normalized spacial score (nSPS) is 10.6. The van der Waals surface area contributed by atoms with Gasteiger partial charge in [-0.15, -0.1) is 15.3 Å². The number of benzene rings is 2. The Balaban J connectivity index is 0.000000270. The number of carbonyl (C=O) groups excluding carboxylic acids is 2. The van der Waals surface area contributed by atoms with Crippen molar-refractivity contribution < 1.29 is 38.9 Å². The third kappa shape index (κ3) is 10.7. The molecule has 4 rings (SSSR count). The van der Waals surface area contributed by atoms with Crippen LogP contribution in [0, 0.1) is 0 Å². The maximum Gasteiger partial charge on any atom is 0.394 e. The Kier molecular flexibility index (Phi) is 13.8. The average Bonchev–Trinajstić information content (AvgIpc) is 3.02. The van der Waals surface area contributed by atoms with Gasteiger partial charge in [-0.2, -0.15) is 0 Å². The molecular weight excluding hydrogens is 766 g/mol. The summed E-state index contributed by atoms with van der Waals surface area (Å²) >= 11 is 30.3. The van der Waals surface area contributed by atoms with Gasteiger partial charge < -0.3 is 30.3 Å². The zero-order valence-electron chi connectivity index (χ0n) is 26.1. The van der Waals surface area contributed by atoms with Crippen LogP contribution in [0.25, 0.3) is 0 Å². The van der Waals surface area contributed by atoms with Crippen molar-refractivity contribution in [2.24, 2.45) is 0 Å². The van der Waals surface area contributed by atoms with Crippen LogP contribution >= 0.6 is 58.0 Å². The molecule has 0 bridgehead atoms. The van der Waals surface area contributed by atoms with Crippen molar-refractivity contribution in [1.29, 1.82) is 0 Å². The Hall–Kier alpha value is -4.67. The highest BCUT2D eigenvalue weighted by molar-refractivity contribution is 6.40. The summed E-state index contributed by atoms with van der Waals surface area (Å²) in [5.41, 5.74) is 1.09. The first-order chi connectivity index (χ1) is 23.4. The number of aromatic nitrogens is 4. The van der Waals surface area contributed by atoms with Crippen LogP contribution in [0.15, 0.2) is 41.2 Å². The maximum absolute atomic E-state index is 11.7. The molecule has 50 heavy (non-hydrogen) atoms. The van der Waals surface area contributed by atoms with E-state index in [0.29, 0.717) is 5.56 Å². The largest absolute Gasteiger partial charge is 0.474 e. The van der Waals surface area contributed by atoms with E-state index in [0.717, 1.165) is 5.56 Å². The minimum Gasteiger partial charge on any atom is -0.474 e. The number of anilines is 2. The van der Waals surface area contributed by atoms with Crippen LogP contribution in [0.2, 0.25) is 25.2 Å². The number of nitrogens with zero attached hydrogens (tertiary/aromatic N) is 3. The van der Waals surface area contributed by atoms with Crippen molar-refractivity contribution in [3.8, 4) is 23.3 Å². The fourth-order valence-corrected chi connectivity index (χ4v) is 5.19. The van der Waals surface area contributed by atoms with E-state index in [-0.39, 0.29) is 77.3 Å². The van der Waals surface area contributed by atoms with Crippen molar-refractivity contribution in [1.82, 2.24) is 20.4 Å². The molecule has 0 aliphatic heterocycles. The van der Waals surface area contributed by atoms with Gasteiger partial charge in [-0.05, 0) is 41.7 Å². The van der Waals surface area contributed by atoms with Gasteiger partial charge in [0, 0.05) is 29.1 Å². The third-order valence-corrected chi connectivity index (χ3v) is 7.54. The number of halogens is 5. The predicted octanol–water partition coefficient (Wildman–Crippen LogP) is 7.39. The molecule has 2 aromatic carbocycles. The van der Waals surface area contributed by atoms with Gasteiger partial charge in [0.05, 0.1) is 20.1 Å². The van der Waals surface area contributed by atoms with E-state index in [1.54, 1.807) is 6.07 Å². The van der Waals surface area contributed by atoms with Gasteiger partial charge >= 0.3 is 23.8 Å². The second-order valence-corrected chi connectivity index (χ2v) is 12.5. The van der Waals surface area contributed by atoms with E-state index in [4.69, 9.17) is 77.7 Å². The van der Waals surface area contributed by atoms with Crippen LogP contribution in [-0.4, -0.2) is 54.4 Å².